The minimum Gasteiger partial charge on any atom is -0.207 e. The molecule has 2 aromatic carbocycles. The normalized spacial score (nSPS) is 23.6. The Labute approximate surface area is 158 Å². The molecule has 0 radical (unpaired) electrons. The molecule has 0 heterocycles. The fourth-order valence-corrected chi connectivity index (χ4v) is 5.40. The van der Waals surface area contributed by atoms with Gasteiger partial charge in [0.25, 0.3) is 0 Å². The number of benzene rings is 2. The Balaban J connectivity index is 1.94. The average molecular weight is 381 g/mol. The van der Waals surface area contributed by atoms with Gasteiger partial charge in [0.15, 0.2) is 0 Å². The molecular weight excluding hydrogens is 358 g/mol. The molecule has 1 aliphatic rings. The van der Waals surface area contributed by atoms with Crippen LogP contribution in [0.3, 0.4) is 0 Å². The summed E-state index contributed by atoms with van der Waals surface area (Å²) in [4.78, 5) is 1.04. The number of rotatable bonds is 5. The van der Waals surface area contributed by atoms with Crippen LogP contribution in [-0.4, -0.2) is 0 Å². The molecule has 2 aromatic rings. The highest BCUT2D eigenvalue weighted by molar-refractivity contribution is 8.00. The zero-order chi connectivity index (χ0) is 17.9. The molecule has 134 valence electrons. The molecule has 0 spiro atoms. The van der Waals surface area contributed by atoms with E-state index < -0.39 is 4.75 Å². The predicted octanol–water partition coefficient (Wildman–Crippen LogP) is 7.60. The Morgan fingerprint density at radius 2 is 1.76 bits per heavy atom. The average Bonchev–Trinajstić information content (AvgIpc) is 2.61. The van der Waals surface area contributed by atoms with Crippen molar-refractivity contribution in [2.75, 3.05) is 0 Å². The molecule has 0 aromatic heterocycles. The minimum absolute atomic E-state index is 0.309. The van der Waals surface area contributed by atoms with Crippen molar-refractivity contribution in [3.63, 3.8) is 0 Å². The van der Waals surface area contributed by atoms with Gasteiger partial charge in [0.05, 0.1) is 0 Å². The molecule has 0 N–H and O–H groups in total. The van der Waals surface area contributed by atoms with Crippen molar-refractivity contribution in [1.82, 2.24) is 0 Å². The number of halogens is 3. The Hall–Kier alpha value is -1.06. The van der Waals surface area contributed by atoms with E-state index in [-0.39, 0.29) is 11.6 Å². The highest BCUT2D eigenvalue weighted by Crippen LogP contribution is 2.53. The van der Waals surface area contributed by atoms with Crippen molar-refractivity contribution >= 4 is 23.4 Å². The second-order valence-electron chi connectivity index (χ2n) is 6.91. The molecule has 0 atom stereocenters. The standard InChI is InChI=1S/C21H23ClF2S/c1-2-3-15-10-12-21(13-11-15,19-14-17(23)6-9-20(19)24)25-18-7-4-16(22)5-8-18/h4-9,14-15H,2-3,10-13H2,1H3. The van der Waals surface area contributed by atoms with Crippen molar-refractivity contribution in [1.29, 1.82) is 0 Å². The van der Waals surface area contributed by atoms with Crippen molar-refractivity contribution < 1.29 is 8.78 Å². The van der Waals surface area contributed by atoms with Gasteiger partial charge in [-0.15, -0.1) is 11.8 Å². The topological polar surface area (TPSA) is 0 Å². The van der Waals surface area contributed by atoms with Gasteiger partial charge in [-0.25, -0.2) is 8.78 Å². The summed E-state index contributed by atoms with van der Waals surface area (Å²) >= 11 is 7.64. The molecule has 0 aliphatic heterocycles. The van der Waals surface area contributed by atoms with Gasteiger partial charge in [-0.05, 0) is 74.1 Å². The molecule has 0 bridgehead atoms. The molecule has 3 rings (SSSR count). The van der Waals surface area contributed by atoms with E-state index in [4.69, 9.17) is 11.6 Å². The van der Waals surface area contributed by atoms with E-state index in [9.17, 15) is 8.78 Å². The van der Waals surface area contributed by atoms with Crippen LogP contribution in [-0.2, 0) is 4.75 Å². The maximum atomic E-state index is 14.6. The summed E-state index contributed by atoms with van der Waals surface area (Å²) in [5.41, 5.74) is 0.502. The summed E-state index contributed by atoms with van der Waals surface area (Å²) in [7, 11) is 0. The van der Waals surface area contributed by atoms with Crippen LogP contribution >= 0.6 is 23.4 Å². The molecule has 0 amide bonds. The quantitative estimate of drug-likeness (QED) is 0.514. The molecule has 1 aliphatic carbocycles. The van der Waals surface area contributed by atoms with Gasteiger partial charge in [0.2, 0.25) is 0 Å². The summed E-state index contributed by atoms with van der Waals surface area (Å²) in [6.07, 6.45) is 6.25. The van der Waals surface area contributed by atoms with E-state index in [1.807, 2.05) is 24.3 Å². The van der Waals surface area contributed by atoms with Crippen LogP contribution in [0.1, 0.15) is 51.0 Å². The monoisotopic (exact) mass is 380 g/mol. The van der Waals surface area contributed by atoms with Gasteiger partial charge in [0.1, 0.15) is 11.6 Å². The first kappa shape index (κ1) is 18.7. The van der Waals surface area contributed by atoms with Crippen LogP contribution in [0.4, 0.5) is 8.78 Å². The van der Waals surface area contributed by atoms with E-state index in [0.717, 1.165) is 30.6 Å². The summed E-state index contributed by atoms with van der Waals surface area (Å²) in [6.45, 7) is 2.20. The summed E-state index contributed by atoms with van der Waals surface area (Å²) in [6, 6.07) is 11.5. The van der Waals surface area contributed by atoms with Crippen LogP contribution in [0.15, 0.2) is 47.4 Å². The highest BCUT2D eigenvalue weighted by Gasteiger charge is 2.39. The van der Waals surface area contributed by atoms with Crippen LogP contribution in [0.2, 0.25) is 5.02 Å². The largest absolute Gasteiger partial charge is 0.207 e. The molecule has 0 saturated heterocycles. The van der Waals surface area contributed by atoms with Gasteiger partial charge >= 0.3 is 0 Å². The SMILES string of the molecule is CCCC1CCC(Sc2ccc(Cl)cc2)(c2cc(F)ccc2F)CC1. The van der Waals surface area contributed by atoms with E-state index in [2.05, 4.69) is 6.92 Å². The van der Waals surface area contributed by atoms with Gasteiger partial charge in [-0.3, -0.25) is 0 Å². The Morgan fingerprint density at radius 3 is 2.40 bits per heavy atom. The lowest BCUT2D eigenvalue weighted by Gasteiger charge is -2.40. The van der Waals surface area contributed by atoms with Crippen LogP contribution in [0, 0.1) is 17.6 Å². The molecule has 1 saturated carbocycles. The molecule has 0 unspecified atom stereocenters. The predicted molar refractivity (Wildman–Crippen MR) is 102 cm³/mol. The number of hydrogen-bond donors (Lipinski definition) is 0. The molecule has 0 nitrogen and oxygen atoms in total. The van der Waals surface area contributed by atoms with Gasteiger partial charge in [-0.1, -0.05) is 31.4 Å². The van der Waals surface area contributed by atoms with Gasteiger partial charge in [0, 0.05) is 20.2 Å². The zero-order valence-corrected chi connectivity index (χ0v) is 16.0. The maximum Gasteiger partial charge on any atom is 0.128 e. The first-order valence-electron chi connectivity index (χ1n) is 8.92. The molecule has 4 heteroatoms. The second-order valence-corrected chi connectivity index (χ2v) is 8.80. The summed E-state index contributed by atoms with van der Waals surface area (Å²) in [5.74, 6) is 0.0144. The van der Waals surface area contributed by atoms with Crippen molar-refractivity contribution in [2.45, 2.75) is 55.1 Å². The van der Waals surface area contributed by atoms with E-state index in [1.54, 1.807) is 11.8 Å². The van der Waals surface area contributed by atoms with Crippen LogP contribution in [0.25, 0.3) is 0 Å². The fraction of sp³-hybridized carbons (Fsp3) is 0.429. The van der Waals surface area contributed by atoms with Crippen molar-refractivity contribution in [3.8, 4) is 0 Å². The van der Waals surface area contributed by atoms with E-state index in [0.29, 0.717) is 16.5 Å². The minimum atomic E-state index is -0.412. The Morgan fingerprint density at radius 1 is 1.08 bits per heavy atom. The zero-order valence-electron chi connectivity index (χ0n) is 14.4. The first-order valence-corrected chi connectivity index (χ1v) is 10.1. The lowest BCUT2D eigenvalue weighted by molar-refractivity contribution is 0.284. The van der Waals surface area contributed by atoms with Gasteiger partial charge in [-0.2, -0.15) is 0 Å². The fourth-order valence-electron chi connectivity index (χ4n) is 3.84. The molecular formula is C21H23ClF2S. The number of thioether (sulfide) groups is 1. The van der Waals surface area contributed by atoms with E-state index >= 15 is 0 Å². The first-order chi connectivity index (χ1) is 12.0. The Bertz CT molecular complexity index is 706. The van der Waals surface area contributed by atoms with Crippen molar-refractivity contribution in [3.05, 3.63) is 64.7 Å². The number of hydrogen-bond acceptors (Lipinski definition) is 1. The molecule has 25 heavy (non-hydrogen) atoms. The van der Waals surface area contributed by atoms with Crippen molar-refractivity contribution in [2.24, 2.45) is 5.92 Å². The van der Waals surface area contributed by atoms with Gasteiger partial charge < -0.3 is 0 Å². The summed E-state index contributed by atoms with van der Waals surface area (Å²) in [5, 5.41) is 0.682. The third-order valence-electron chi connectivity index (χ3n) is 5.16. The van der Waals surface area contributed by atoms with Crippen LogP contribution < -0.4 is 0 Å². The highest BCUT2D eigenvalue weighted by atomic mass is 35.5. The lowest BCUT2D eigenvalue weighted by atomic mass is 9.76. The lowest BCUT2D eigenvalue weighted by Crippen LogP contribution is -2.30. The van der Waals surface area contributed by atoms with E-state index in [1.165, 1.54) is 31.0 Å². The third-order valence-corrected chi connectivity index (χ3v) is 6.93. The third kappa shape index (κ3) is 4.38. The smallest absolute Gasteiger partial charge is 0.128 e. The maximum absolute atomic E-state index is 14.6. The molecule has 1 fully saturated rings. The Kier molecular flexibility index (Phi) is 6.06. The van der Waals surface area contributed by atoms with Crippen LogP contribution in [0.5, 0.6) is 0 Å². The second kappa shape index (κ2) is 8.09. The summed E-state index contributed by atoms with van der Waals surface area (Å²) < 4.78 is 28.1.